The van der Waals surface area contributed by atoms with E-state index in [4.69, 9.17) is 0 Å². The molecule has 0 fully saturated rings. The van der Waals surface area contributed by atoms with Crippen LogP contribution < -0.4 is 5.32 Å². The minimum Gasteiger partial charge on any atom is -0.425 e. The number of nitrogens with one attached hydrogen (secondary N) is 1. The van der Waals surface area contributed by atoms with Gasteiger partial charge in [-0.2, -0.15) is 43.9 Å². The number of quaternary nitrogens is 1. The second-order valence-corrected chi connectivity index (χ2v) is 13.6. The molecule has 0 aliphatic heterocycles. The van der Waals surface area contributed by atoms with E-state index in [0.717, 1.165) is 30.5 Å². The van der Waals surface area contributed by atoms with E-state index in [2.05, 4.69) is 79.6 Å². The van der Waals surface area contributed by atoms with Gasteiger partial charge in [0.15, 0.2) is 20.0 Å². The molecule has 0 saturated carbocycles. The lowest BCUT2D eigenvalue weighted by molar-refractivity contribution is -0.935. The van der Waals surface area contributed by atoms with Crippen molar-refractivity contribution in [2.24, 2.45) is 0 Å². The zero-order chi connectivity index (χ0) is 35.8. The summed E-state index contributed by atoms with van der Waals surface area (Å²) in [7, 11) is -12.9. The first-order chi connectivity index (χ1) is 20.7. The number of alkyl halides is 10. The van der Waals surface area contributed by atoms with Crippen molar-refractivity contribution in [1.82, 2.24) is 5.32 Å². The van der Waals surface area contributed by atoms with Crippen LogP contribution in [-0.4, -0.2) is 70.2 Å². The number of nitrogens with zero attached hydrogens (tertiary/aromatic N) is 2. The smallest absolute Gasteiger partial charge is 0.425 e. The molecule has 0 saturated heterocycles. The number of rotatable bonds is 13. The van der Waals surface area contributed by atoms with Gasteiger partial charge in [-0.1, -0.05) is 67.2 Å². The van der Waals surface area contributed by atoms with E-state index < -0.39 is 42.9 Å². The molecule has 0 spiro atoms. The molecule has 2 rings (SSSR count). The van der Waals surface area contributed by atoms with E-state index in [1.807, 2.05) is 0 Å². The molecule has 0 bridgehead atoms. The van der Waals surface area contributed by atoms with E-state index in [9.17, 15) is 65.5 Å². The number of carbonyl (C=O) groups excluding carboxylic acids is 1. The Bertz CT molecular complexity index is 1440. The molecule has 2 aromatic carbocycles. The van der Waals surface area contributed by atoms with Crippen LogP contribution in [0.5, 0.6) is 0 Å². The van der Waals surface area contributed by atoms with E-state index in [-0.39, 0.29) is 5.91 Å². The first-order valence-corrected chi connectivity index (χ1v) is 15.5. The molecule has 0 heterocycles. The van der Waals surface area contributed by atoms with Gasteiger partial charge in [-0.25, -0.2) is 16.8 Å². The maximum Gasteiger partial charge on any atom is 0.467 e. The summed E-state index contributed by atoms with van der Waals surface area (Å²) in [4.78, 5) is 11.6. The Kier molecular flexibility index (Phi) is 13.4. The topological polar surface area (TPSA) is 111 Å². The van der Waals surface area contributed by atoms with Gasteiger partial charge in [0.25, 0.3) is 0 Å². The summed E-state index contributed by atoms with van der Waals surface area (Å²) in [5.74, 6) is -0.0553. The lowest BCUT2D eigenvalue weighted by Crippen LogP contribution is -2.48. The third kappa shape index (κ3) is 10.9. The molecule has 0 aliphatic carbocycles. The highest BCUT2D eigenvalue weighted by molar-refractivity contribution is 8.13. The normalized spacial score (nSPS) is 13.4. The van der Waals surface area contributed by atoms with Gasteiger partial charge in [-0.05, 0) is 6.92 Å². The van der Waals surface area contributed by atoms with Gasteiger partial charge in [0, 0.05) is 29.7 Å². The van der Waals surface area contributed by atoms with Crippen molar-refractivity contribution in [2.45, 2.75) is 49.3 Å². The van der Waals surface area contributed by atoms with Gasteiger partial charge in [-0.3, -0.25) is 4.79 Å². The van der Waals surface area contributed by atoms with Gasteiger partial charge >= 0.3 is 22.9 Å². The fourth-order valence-electron chi connectivity index (χ4n) is 3.59. The first kappa shape index (κ1) is 40.8. The van der Waals surface area contributed by atoms with Crippen LogP contribution in [0, 0.1) is 0 Å². The maximum atomic E-state index is 12.3. The summed E-state index contributed by atoms with van der Waals surface area (Å²) in [6.07, 6.45) is -13.1. The Morgan fingerprint density at radius 3 is 1.39 bits per heavy atom. The quantitative estimate of drug-likeness (QED) is 0.114. The Labute approximate surface area is 258 Å². The summed E-state index contributed by atoms with van der Waals surface area (Å²) in [5.41, 5.74) is 3.24. The van der Waals surface area contributed by atoms with E-state index in [1.165, 1.54) is 11.1 Å². The highest BCUT2D eigenvalue weighted by Gasteiger charge is 2.68. The third-order valence-electron chi connectivity index (χ3n) is 5.87. The van der Waals surface area contributed by atoms with Gasteiger partial charge in [0.2, 0.25) is 5.91 Å². The average Bonchev–Trinajstić information content (AvgIpc) is 2.90. The lowest BCUT2D eigenvalue weighted by atomic mass is 10.1. The third-order valence-corrected chi connectivity index (χ3v) is 9.20. The number of amides is 1. The fraction of sp³-hybridized carbons (Fsp3) is 0.423. The molecule has 46 heavy (non-hydrogen) atoms. The van der Waals surface area contributed by atoms with Gasteiger partial charge in [0.05, 0.1) is 13.6 Å². The number of carbonyl (C=O) groups is 1. The minimum atomic E-state index is -7.62. The van der Waals surface area contributed by atoms with Crippen molar-refractivity contribution in [3.63, 3.8) is 0 Å². The molecule has 0 aliphatic rings. The van der Waals surface area contributed by atoms with Gasteiger partial charge in [0.1, 0.15) is 13.1 Å². The Morgan fingerprint density at radius 2 is 1.09 bits per heavy atom. The highest BCUT2D eigenvalue weighted by Crippen LogP contribution is 2.47. The van der Waals surface area contributed by atoms with Crippen LogP contribution in [0.15, 0.2) is 72.8 Å². The van der Waals surface area contributed by atoms with Crippen molar-refractivity contribution >= 4 is 26.0 Å². The zero-order valence-corrected chi connectivity index (χ0v) is 25.7. The summed E-state index contributed by atoms with van der Waals surface area (Å²) >= 11 is 0. The summed E-state index contributed by atoms with van der Waals surface area (Å²) in [6, 6.07) is 21.2. The van der Waals surface area contributed by atoms with Crippen LogP contribution in [-0.2, 0) is 37.9 Å². The second kappa shape index (κ2) is 15.1. The van der Waals surface area contributed by atoms with Crippen LogP contribution in [0.1, 0.15) is 24.5 Å². The number of hydrogen-bond acceptors (Lipinski definition) is 5. The molecule has 8 nitrogen and oxygen atoms in total. The largest absolute Gasteiger partial charge is 0.467 e. The molecule has 260 valence electrons. The van der Waals surface area contributed by atoms with Crippen molar-refractivity contribution < 1.29 is 70.0 Å². The minimum absolute atomic E-state index is 0.0553. The molecule has 0 aromatic heterocycles. The predicted molar refractivity (Wildman–Crippen MR) is 147 cm³/mol. The van der Waals surface area contributed by atoms with E-state index in [1.54, 1.807) is 6.92 Å². The van der Waals surface area contributed by atoms with Crippen molar-refractivity contribution in [1.29, 1.82) is 0 Å². The Balaban J connectivity index is 0.000000469. The molecule has 1 amide bonds. The van der Waals surface area contributed by atoms with Crippen LogP contribution in [0.2, 0.25) is 0 Å². The Morgan fingerprint density at radius 1 is 0.739 bits per heavy atom. The molecule has 1 N–H and O–H groups in total. The molecule has 20 heteroatoms. The van der Waals surface area contributed by atoms with Crippen LogP contribution in [0.4, 0.5) is 43.9 Å². The van der Waals surface area contributed by atoms with E-state index >= 15 is 0 Å². The maximum absolute atomic E-state index is 12.3. The number of benzene rings is 2. The number of halogens is 10. The van der Waals surface area contributed by atoms with Crippen LogP contribution in [0.3, 0.4) is 0 Å². The molecular weight excluding hydrogens is 688 g/mol. The molecule has 0 radical (unpaired) electrons. The Hall–Kier alpha value is -3.23. The summed E-state index contributed by atoms with van der Waals surface area (Å²) < 4.78 is 162. The highest BCUT2D eigenvalue weighted by atomic mass is 32.3. The zero-order valence-electron chi connectivity index (χ0n) is 24.0. The predicted octanol–water partition coefficient (Wildman–Crippen LogP) is 6.25. The van der Waals surface area contributed by atoms with Crippen molar-refractivity contribution in [2.75, 3.05) is 20.1 Å². The molecule has 0 unspecified atom stereocenters. The molecule has 2 aromatic rings. The van der Waals surface area contributed by atoms with Crippen molar-refractivity contribution in [3.8, 4) is 0 Å². The molecule has 0 atom stereocenters. The van der Waals surface area contributed by atoms with Gasteiger partial charge < -0.3 is 13.9 Å². The van der Waals surface area contributed by atoms with Crippen LogP contribution in [0.25, 0.3) is 4.13 Å². The first-order valence-electron chi connectivity index (χ1n) is 12.7. The van der Waals surface area contributed by atoms with E-state index in [0.29, 0.717) is 16.2 Å². The second-order valence-electron chi connectivity index (χ2n) is 10.1. The standard InChI is InChI=1S/C22H28N2O.C4F10NO4S2/c1-19(2)22(25)23-15-10-16-24(3,17-20-11-6-4-7-12-20)18-21-13-8-5-9-14-21;5-1(6,7)3(11,12)20(16,17)15-21(18,19)4(13,14)2(8,9)10/h4-9,11-14H,1,10,15-18H2,2-3H3;/q;-1/p+1. The van der Waals surface area contributed by atoms with Gasteiger partial charge in [-0.15, -0.1) is 0 Å². The average molecular weight is 718 g/mol. The number of sulfonamides is 2. The SMILES string of the molecule is C=C(C)C(=O)NCCC[N+](C)(Cc1ccccc1)Cc1ccccc1.O=S(=O)([N-]S(=O)(=O)C(F)(F)C(F)(F)F)C(F)(F)C(F)(F)F. The fourth-order valence-corrected chi connectivity index (χ4v) is 5.96. The number of hydrogen-bond donors (Lipinski definition) is 1. The lowest BCUT2D eigenvalue weighted by Gasteiger charge is -2.35. The monoisotopic (exact) mass is 717 g/mol. The van der Waals surface area contributed by atoms with Crippen LogP contribution >= 0.6 is 0 Å². The molecular formula is C26H29F10N3O5S2. The van der Waals surface area contributed by atoms with Crippen molar-refractivity contribution in [3.05, 3.63) is 88.1 Å². The summed E-state index contributed by atoms with van der Waals surface area (Å²) in [5, 5.41) is -11.0. The summed E-state index contributed by atoms with van der Waals surface area (Å²) in [6.45, 7) is 9.05.